The fourth-order valence-electron chi connectivity index (χ4n) is 1.98. The highest BCUT2D eigenvalue weighted by Gasteiger charge is 2.38. The zero-order valence-electron chi connectivity index (χ0n) is 9.81. The van der Waals surface area contributed by atoms with Crippen molar-refractivity contribution in [3.63, 3.8) is 0 Å². The number of phenolic OH excluding ortho intramolecular Hbond substituents is 1. The summed E-state index contributed by atoms with van der Waals surface area (Å²) in [7, 11) is 0. The minimum atomic E-state index is -0.391. The Morgan fingerprint density at radius 1 is 1.16 bits per heavy atom. The molecule has 3 rings (SSSR count). The molecule has 1 aliphatic heterocycles. The van der Waals surface area contributed by atoms with Crippen LogP contribution in [0.5, 0.6) is 5.75 Å². The van der Waals surface area contributed by atoms with Crippen molar-refractivity contribution in [2.45, 2.75) is 0 Å². The van der Waals surface area contributed by atoms with Gasteiger partial charge in [0.05, 0.1) is 0 Å². The van der Waals surface area contributed by atoms with Crippen LogP contribution in [-0.4, -0.2) is 23.6 Å². The molecule has 19 heavy (non-hydrogen) atoms. The summed E-state index contributed by atoms with van der Waals surface area (Å²) in [5.74, 6) is -0.205. The zero-order chi connectivity index (χ0) is 13.4. The molecule has 6 heteroatoms. The molecule has 0 bridgehead atoms. The number of imide groups is 1. The monoisotopic (exact) mass is 274 g/mol. The summed E-state index contributed by atoms with van der Waals surface area (Å²) in [6.45, 7) is -0.0137. The summed E-state index contributed by atoms with van der Waals surface area (Å²) < 4.78 is 0. The summed E-state index contributed by atoms with van der Waals surface area (Å²) in [4.78, 5) is 26.8. The van der Waals surface area contributed by atoms with Crippen molar-refractivity contribution in [3.05, 3.63) is 41.8 Å². The molecular formula is C13H10N2O3S. The Hall–Kier alpha value is -2.34. The lowest BCUT2D eigenvalue weighted by molar-refractivity contribution is -0.115. The van der Waals surface area contributed by atoms with Crippen LogP contribution in [0.15, 0.2) is 41.8 Å². The number of amides is 3. The molecular weight excluding hydrogens is 264 g/mol. The Morgan fingerprint density at radius 2 is 2.00 bits per heavy atom. The summed E-state index contributed by atoms with van der Waals surface area (Å²) in [5.41, 5.74) is 0.511. The van der Waals surface area contributed by atoms with E-state index in [0.717, 1.165) is 4.90 Å². The molecule has 0 radical (unpaired) electrons. The summed E-state index contributed by atoms with van der Waals surface area (Å²) in [5, 5.41) is 11.9. The molecule has 1 aliphatic rings. The van der Waals surface area contributed by atoms with Crippen LogP contribution in [-0.2, 0) is 4.79 Å². The predicted octanol–water partition coefficient (Wildman–Crippen LogP) is 2.43. The smallest absolute Gasteiger partial charge is 0.337 e. The van der Waals surface area contributed by atoms with Crippen LogP contribution in [0.4, 0.5) is 15.5 Å². The minimum absolute atomic E-state index is 0.0137. The highest BCUT2D eigenvalue weighted by molar-refractivity contribution is 7.14. The van der Waals surface area contributed by atoms with Crippen molar-refractivity contribution in [2.75, 3.05) is 16.3 Å². The Labute approximate surface area is 113 Å². The van der Waals surface area contributed by atoms with E-state index in [1.54, 1.807) is 24.3 Å². The third-order valence-electron chi connectivity index (χ3n) is 2.83. The third kappa shape index (κ3) is 1.96. The number of aromatic hydroxyl groups is 1. The first kappa shape index (κ1) is 11.7. The fraction of sp³-hybridized carbons (Fsp3) is 0.0769. The van der Waals surface area contributed by atoms with Gasteiger partial charge in [0.2, 0.25) is 0 Å². The molecule has 1 saturated heterocycles. The molecule has 1 fully saturated rings. The minimum Gasteiger partial charge on any atom is -0.508 e. The van der Waals surface area contributed by atoms with E-state index in [-0.39, 0.29) is 18.2 Å². The molecule has 2 aromatic rings. The summed E-state index contributed by atoms with van der Waals surface area (Å²) in [6, 6.07) is 9.42. The lowest BCUT2D eigenvalue weighted by Crippen LogP contribution is -2.32. The Balaban J connectivity index is 1.95. The van der Waals surface area contributed by atoms with Gasteiger partial charge >= 0.3 is 6.03 Å². The highest BCUT2D eigenvalue weighted by Crippen LogP contribution is 2.30. The molecule has 0 unspecified atom stereocenters. The number of hydrogen-bond acceptors (Lipinski definition) is 4. The standard InChI is InChI=1S/C13H10N2O3S/c16-10-4-1-3-9(7-10)14-8-11(17)15(13(14)18)12-5-2-6-19-12/h1-7,16H,8H2. The number of carbonyl (C=O) groups excluding carboxylic acids is 2. The topological polar surface area (TPSA) is 60.9 Å². The SMILES string of the molecule is O=C1CN(c2cccc(O)c2)C(=O)N1c1cccs1. The van der Waals surface area contributed by atoms with Gasteiger partial charge in [-0.3, -0.25) is 9.69 Å². The number of carbonyl (C=O) groups is 2. The largest absolute Gasteiger partial charge is 0.508 e. The summed E-state index contributed by atoms with van der Waals surface area (Å²) >= 11 is 1.34. The van der Waals surface area contributed by atoms with Crippen LogP contribution in [0.3, 0.4) is 0 Å². The van der Waals surface area contributed by atoms with Gasteiger partial charge in [-0.15, -0.1) is 11.3 Å². The first-order valence-corrected chi connectivity index (χ1v) is 6.52. The number of nitrogens with zero attached hydrogens (tertiary/aromatic N) is 2. The van der Waals surface area contributed by atoms with E-state index in [9.17, 15) is 14.7 Å². The predicted molar refractivity (Wildman–Crippen MR) is 72.7 cm³/mol. The molecule has 2 heterocycles. The Bertz CT molecular complexity index is 639. The molecule has 0 atom stereocenters. The van der Waals surface area contributed by atoms with Crippen molar-refractivity contribution >= 4 is 34.0 Å². The van der Waals surface area contributed by atoms with Crippen molar-refractivity contribution in [1.82, 2.24) is 0 Å². The number of urea groups is 1. The number of hydrogen-bond donors (Lipinski definition) is 1. The molecule has 1 aromatic heterocycles. The Morgan fingerprint density at radius 3 is 2.68 bits per heavy atom. The van der Waals surface area contributed by atoms with Gasteiger partial charge in [0.25, 0.3) is 5.91 Å². The zero-order valence-corrected chi connectivity index (χ0v) is 10.6. The average molecular weight is 274 g/mol. The van der Waals surface area contributed by atoms with E-state index in [4.69, 9.17) is 0 Å². The maximum Gasteiger partial charge on any atom is 0.337 e. The molecule has 3 amide bonds. The van der Waals surface area contributed by atoms with Gasteiger partial charge in [0.15, 0.2) is 0 Å². The molecule has 0 saturated carbocycles. The van der Waals surface area contributed by atoms with Crippen molar-refractivity contribution < 1.29 is 14.7 Å². The molecule has 1 aromatic carbocycles. The van der Waals surface area contributed by atoms with Crippen molar-refractivity contribution in [2.24, 2.45) is 0 Å². The van der Waals surface area contributed by atoms with Gasteiger partial charge in [-0.2, -0.15) is 0 Å². The average Bonchev–Trinajstić information content (AvgIpc) is 2.98. The first-order chi connectivity index (χ1) is 9.16. The van der Waals surface area contributed by atoms with Gasteiger partial charge in [-0.1, -0.05) is 6.07 Å². The quantitative estimate of drug-likeness (QED) is 0.855. The van der Waals surface area contributed by atoms with E-state index in [1.165, 1.54) is 28.4 Å². The van der Waals surface area contributed by atoms with E-state index in [1.807, 2.05) is 5.38 Å². The van der Waals surface area contributed by atoms with Crippen LogP contribution >= 0.6 is 11.3 Å². The second kappa shape index (κ2) is 4.40. The lowest BCUT2D eigenvalue weighted by atomic mass is 10.3. The van der Waals surface area contributed by atoms with Gasteiger partial charge in [0, 0.05) is 11.8 Å². The van der Waals surface area contributed by atoms with E-state index in [0.29, 0.717) is 10.7 Å². The number of rotatable bonds is 2. The lowest BCUT2D eigenvalue weighted by Gasteiger charge is -2.16. The molecule has 5 nitrogen and oxygen atoms in total. The van der Waals surface area contributed by atoms with Gasteiger partial charge in [0.1, 0.15) is 17.3 Å². The van der Waals surface area contributed by atoms with Gasteiger partial charge < -0.3 is 5.11 Å². The van der Waals surface area contributed by atoms with Crippen LogP contribution in [0.25, 0.3) is 0 Å². The number of phenols is 1. The number of anilines is 2. The molecule has 0 aliphatic carbocycles. The fourth-order valence-corrected chi connectivity index (χ4v) is 2.72. The van der Waals surface area contributed by atoms with E-state index >= 15 is 0 Å². The second-order valence-corrected chi connectivity index (χ2v) is 5.00. The highest BCUT2D eigenvalue weighted by atomic mass is 32.1. The normalized spacial score (nSPS) is 15.4. The molecule has 96 valence electrons. The van der Waals surface area contributed by atoms with E-state index < -0.39 is 6.03 Å². The van der Waals surface area contributed by atoms with Gasteiger partial charge in [-0.05, 0) is 29.6 Å². The van der Waals surface area contributed by atoms with Crippen LogP contribution in [0.1, 0.15) is 0 Å². The van der Waals surface area contributed by atoms with Crippen molar-refractivity contribution in [3.8, 4) is 5.75 Å². The van der Waals surface area contributed by atoms with Gasteiger partial charge in [-0.25, -0.2) is 9.69 Å². The first-order valence-electron chi connectivity index (χ1n) is 5.64. The van der Waals surface area contributed by atoms with Crippen LogP contribution in [0, 0.1) is 0 Å². The van der Waals surface area contributed by atoms with E-state index in [2.05, 4.69) is 0 Å². The maximum absolute atomic E-state index is 12.3. The number of thiophene rings is 1. The molecule has 0 spiro atoms. The van der Waals surface area contributed by atoms with Crippen molar-refractivity contribution in [1.29, 1.82) is 0 Å². The maximum atomic E-state index is 12.3. The molecule has 1 N–H and O–H groups in total. The second-order valence-electron chi connectivity index (χ2n) is 4.07. The Kier molecular flexibility index (Phi) is 2.72. The third-order valence-corrected chi connectivity index (χ3v) is 3.69. The summed E-state index contributed by atoms with van der Waals surface area (Å²) in [6.07, 6.45) is 0. The number of benzene rings is 1. The van der Waals surface area contributed by atoms with Crippen LogP contribution in [0.2, 0.25) is 0 Å². The van der Waals surface area contributed by atoms with Crippen LogP contribution < -0.4 is 9.80 Å².